The first-order valence-corrected chi connectivity index (χ1v) is 11.5. The summed E-state index contributed by atoms with van der Waals surface area (Å²) in [5.74, 6) is -0.215. The molecule has 5 aromatic rings. The molecule has 3 N–H and O–H groups in total. The predicted molar refractivity (Wildman–Crippen MR) is 126 cm³/mol. The maximum absolute atomic E-state index is 13.9. The molecule has 2 heterocycles. The number of H-pyrrole nitrogens is 1. The fourth-order valence-corrected chi connectivity index (χ4v) is 4.58. The van der Waals surface area contributed by atoms with Gasteiger partial charge in [0.05, 0.1) is 5.69 Å². The van der Waals surface area contributed by atoms with E-state index in [2.05, 4.69) is 31.1 Å². The van der Waals surface area contributed by atoms with Crippen molar-refractivity contribution in [2.75, 3.05) is 10.0 Å². The summed E-state index contributed by atoms with van der Waals surface area (Å²) in [5, 5.41) is 4.27. The van der Waals surface area contributed by atoms with Gasteiger partial charge in [0.25, 0.3) is 10.0 Å². The highest BCUT2D eigenvalue weighted by Crippen LogP contribution is 2.25. The van der Waals surface area contributed by atoms with E-state index >= 15 is 0 Å². The van der Waals surface area contributed by atoms with E-state index in [-0.39, 0.29) is 0 Å². The van der Waals surface area contributed by atoms with Crippen molar-refractivity contribution in [3.63, 3.8) is 0 Å². The number of fused-ring (bicyclic) bond motifs is 1. The Kier molecular flexibility index (Phi) is 5.23. The second-order valence-corrected chi connectivity index (χ2v) is 8.96. The molecule has 0 saturated carbocycles. The van der Waals surface area contributed by atoms with Crippen molar-refractivity contribution in [2.45, 2.75) is 4.90 Å². The summed E-state index contributed by atoms with van der Waals surface area (Å²) in [5.41, 5.74) is 3.80. The van der Waals surface area contributed by atoms with Gasteiger partial charge in [-0.25, -0.2) is 22.8 Å². The van der Waals surface area contributed by atoms with E-state index in [1.165, 1.54) is 24.5 Å². The molecule has 0 aliphatic heterocycles. The molecule has 9 heteroatoms. The first-order valence-electron chi connectivity index (χ1n) is 10.0. The van der Waals surface area contributed by atoms with E-state index in [0.29, 0.717) is 17.2 Å². The molecular weight excluding hydrogens is 441 g/mol. The van der Waals surface area contributed by atoms with Crippen LogP contribution in [0.15, 0.2) is 96.3 Å². The predicted octanol–water partition coefficient (Wildman–Crippen LogP) is 5.31. The Morgan fingerprint density at radius 3 is 2.45 bits per heavy atom. The van der Waals surface area contributed by atoms with E-state index < -0.39 is 20.7 Å². The molecular formula is C24H18FN5O2S. The Balaban J connectivity index is 1.32. The number of halogens is 1. The Bertz CT molecular complexity index is 1550. The molecule has 0 unspecified atom stereocenters. The maximum Gasteiger partial charge on any atom is 0.264 e. The lowest BCUT2D eigenvalue weighted by Gasteiger charge is -2.11. The molecule has 0 aliphatic carbocycles. The number of benzene rings is 3. The van der Waals surface area contributed by atoms with Crippen LogP contribution in [0.2, 0.25) is 0 Å². The normalized spacial score (nSPS) is 11.4. The molecule has 0 bridgehead atoms. The summed E-state index contributed by atoms with van der Waals surface area (Å²) >= 11 is 0. The first kappa shape index (κ1) is 20.7. The van der Waals surface area contributed by atoms with Crippen LogP contribution >= 0.6 is 0 Å². The Morgan fingerprint density at radius 1 is 0.848 bits per heavy atom. The molecule has 164 valence electrons. The molecule has 0 atom stereocenters. The Hall–Kier alpha value is -4.24. The number of rotatable bonds is 6. The minimum Gasteiger partial charge on any atom is -0.361 e. The van der Waals surface area contributed by atoms with E-state index in [1.807, 2.05) is 30.5 Å². The van der Waals surface area contributed by atoms with Crippen LogP contribution in [0.1, 0.15) is 0 Å². The Morgan fingerprint density at radius 2 is 1.64 bits per heavy atom. The average Bonchev–Trinajstić information content (AvgIpc) is 3.29. The number of nitrogens with zero attached hydrogens (tertiary/aromatic N) is 2. The molecule has 7 nitrogen and oxygen atoms in total. The minimum absolute atomic E-state index is 0.312. The van der Waals surface area contributed by atoms with Gasteiger partial charge < -0.3 is 10.3 Å². The second-order valence-electron chi connectivity index (χ2n) is 7.31. The monoisotopic (exact) mass is 459 g/mol. The molecule has 3 aromatic carbocycles. The van der Waals surface area contributed by atoms with Crippen molar-refractivity contribution < 1.29 is 12.8 Å². The van der Waals surface area contributed by atoms with Crippen LogP contribution < -0.4 is 10.0 Å². The van der Waals surface area contributed by atoms with E-state index in [1.54, 1.807) is 24.3 Å². The molecule has 5 rings (SSSR count). The van der Waals surface area contributed by atoms with Crippen molar-refractivity contribution >= 4 is 38.1 Å². The van der Waals surface area contributed by atoms with Gasteiger partial charge in [0.1, 0.15) is 22.9 Å². The lowest BCUT2D eigenvalue weighted by molar-refractivity contribution is 0.570. The smallest absolute Gasteiger partial charge is 0.264 e. The lowest BCUT2D eigenvalue weighted by atomic mass is 10.1. The van der Waals surface area contributed by atoms with Crippen molar-refractivity contribution in [1.82, 2.24) is 15.0 Å². The van der Waals surface area contributed by atoms with Crippen LogP contribution in [0, 0.1) is 5.82 Å². The van der Waals surface area contributed by atoms with Gasteiger partial charge in [-0.3, -0.25) is 4.72 Å². The summed E-state index contributed by atoms with van der Waals surface area (Å²) in [4.78, 5) is 11.4. The minimum atomic E-state index is -4.03. The molecule has 2 aromatic heterocycles. The fourth-order valence-electron chi connectivity index (χ4n) is 3.44. The van der Waals surface area contributed by atoms with Crippen LogP contribution in [0.3, 0.4) is 0 Å². The number of anilines is 3. The van der Waals surface area contributed by atoms with Crippen molar-refractivity contribution in [2.24, 2.45) is 0 Å². The Labute approximate surface area is 189 Å². The SMILES string of the molecule is O=S(=O)(Nc1ccc(Nc2cc(-c3ccc4[nH]ccc4c3)ncn2)cc1)c1ccccc1F. The molecule has 0 saturated heterocycles. The van der Waals surface area contributed by atoms with Crippen LogP contribution in [0.25, 0.3) is 22.2 Å². The maximum atomic E-state index is 13.9. The summed E-state index contributed by atoms with van der Waals surface area (Å²) in [6, 6.07) is 21.7. The van der Waals surface area contributed by atoms with Gasteiger partial charge in [-0.1, -0.05) is 18.2 Å². The fraction of sp³-hybridized carbons (Fsp3) is 0. The molecule has 0 aliphatic rings. The first-order chi connectivity index (χ1) is 16.0. The zero-order valence-corrected chi connectivity index (χ0v) is 18.0. The third-order valence-corrected chi connectivity index (χ3v) is 6.47. The molecule has 0 spiro atoms. The number of aromatic amines is 1. The summed E-state index contributed by atoms with van der Waals surface area (Å²) in [6.45, 7) is 0. The highest BCUT2D eigenvalue weighted by molar-refractivity contribution is 7.92. The van der Waals surface area contributed by atoms with Gasteiger partial charge in [-0.2, -0.15) is 0 Å². The standard InChI is InChI=1S/C24H18FN5O2S/c25-20-3-1-2-4-23(20)33(31,32)30-19-8-6-18(7-9-19)29-24-14-22(27-15-28-24)16-5-10-21-17(13-16)11-12-26-21/h1-15,26,30H,(H,27,28,29). The third kappa shape index (κ3) is 4.39. The van der Waals surface area contributed by atoms with Gasteiger partial charge in [-0.15, -0.1) is 0 Å². The summed E-state index contributed by atoms with van der Waals surface area (Å²) < 4.78 is 41.2. The van der Waals surface area contributed by atoms with Crippen LogP contribution in [-0.2, 0) is 10.0 Å². The highest BCUT2D eigenvalue weighted by Gasteiger charge is 2.18. The van der Waals surface area contributed by atoms with Crippen molar-refractivity contribution in [3.8, 4) is 11.3 Å². The number of aromatic nitrogens is 3. The molecule has 0 fully saturated rings. The molecule has 0 radical (unpaired) electrons. The van der Waals surface area contributed by atoms with Crippen LogP contribution in [0.5, 0.6) is 0 Å². The van der Waals surface area contributed by atoms with Crippen molar-refractivity contribution in [3.05, 3.63) is 97.2 Å². The topological polar surface area (TPSA) is 99.8 Å². The number of nitrogens with one attached hydrogen (secondary N) is 3. The largest absolute Gasteiger partial charge is 0.361 e. The van der Waals surface area contributed by atoms with Crippen molar-refractivity contribution in [1.29, 1.82) is 0 Å². The van der Waals surface area contributed by atoms with Gasteiger partial charge in [0, 0.05) is 40.1 Å². The number of hydrogen-bond donors (Lipinski definition) is 3. The van der Waals surface area contributed by atoms with Gasteiger partial charge in [-0.05, 0) is 54.6 Å². The zero-order chi connectivity index (χ0) is 22.8. The highest BCUT2D eigenvalue weighted by atomic mass is 32.2. The van der Waals surface area contributed by atoms with Gasteiger partial charge >= 0.3 is 0 Å². The number of hydrogen-bond acceptors (Lipinski definition) is 5. The lowest BCUT2D eigenvalue weighted by Crippen LogP contribution is -2.14. The molecule has 33 heavy (non-hydrogen) atoms. The summed E-state index contributed by atoms with van der Waals surface area (Å²) in [7, 11) is -4.03. The van der Waals surface area contributed by atoms with E-state index in [0.717, 1.165) is 28.2 Å². The molecule has 0 amide bonds. The van der Waals surface area contributed by atoms with Crippen LogP contribution in [-0.4, -0.2) is 23.4 Å². The van der Waals surface area contributed by atoms with Crippen LogP contribution in [0.4, 0.5) is 21.6 Å². The number of sulfonamides is 1. The zero-order valence-electron chi connectivity index (χ0n) is 17.2. The second kappa shape index (κ2) is 8.36. The van der Waals surface area contributed by atoms with Gasteiger partial charge in [0.2, 0.25) is 0 Å². The average molecular weight is 460 g/mol. The summed E-state index contributed by atoms with van der Waals surface area (Å²) in [6.07, 6.45) is 3.37. The quantitative estimate of drug-likeness (QED) is 0.320. The van der Waals surface area contributed by atoms with E-state index in [4.69, 9.17) is 0 Å². The van der Waals surface area contributed by atoms with Gasteiger partial charge in [0.15, 0.2) is 0 Å². The van der Waals surface area contributed by atoms with E-state index in [9.17, 15) is 12.8 Å². The third-order valence-electron chi connectivity index (χ3n) is 5.05.